The largest absolute Gasteiger partial charge is 0.465 e. The third kappa shape index (κ3) is 3.72. The van der Waals surface area contributed by atoms with E-state index in [1.807, 2.05) is 0 Å². The predicted octanol–water partition coefficient (Wildman–Crippen LogP) is 2.51. The molecule has 2 nitrogen and oxygen atoms in total. The lowest BCUT2D eigenvalue weighted by molar-refractivity contribution is -0.142. The van der Waals surface area contributed by atoms with Crippen LogP contribution in [0.25, 0.3) is 0 Å². The molecule has 0 saturated heterocycles. The minimum absolute atomic E-state index is 0.0732. The Bertz CT molecular complexity index is 159. The topological polar surface area (TPSA) is 26.3 Å². The molecule has 0 aliphatic heterocycles. The molecule has 0 N–H and O–H groups in total. The van der Waals surface area contributed by atoms with E-state index >= 15 is 0 Å². The molecule has 0 rings (SSSR count). The summed E-state index contributed by atoms with van der Waals surface area (Å²) in [6.45, 7) is 5.82. The molecule has 0 amide bonds. The number of esters is 1. The Morgan fingerprint density at radius 1 is 1.75 bits per heavy atom. The van der Waals surface area contributed by atoms with Crippen molar-refractivity contribution in [3.63, 3.8) is 0 Å². The van der Waals surface area contributed by atoms with Crippen LogP contribution in [0.15, 0.2) is 12.7 Å². The van der Waals surface area contributed by atoms with Crippen molar-refractivity contribution in [3.8, 4) is 0 Å². The maximum absolute atomic E-state index is 11.2. The Morgan fingerprint density at radius 2 is 2.33 bits per heavy atom. The minimum atomic E-state index is -0.297. The second-order valence-electron chi connectivity index (χ2n) is 2.21. The average molecular weight is 300 g/mol. The summed E-state index contributed by atoms with van der Waals surface area (Å²) in [7, 11) is 0. The summed E-state index contributed by atoms with van der Waals surface area (Å²) in [4.78, 5) is 10.9. The van der Waals surface area contributed by atoms with Gasteiger partial charge in [-0.25, -0.2) is 0 Å². The summed E-state index contributed by atoms with van der Waals surface area (Å²) in [5.74, 6) is -0.161. The molecule has 70 valence electrons. The van der Waals surface area contributed by atoms with Gasteiger partial charge in [-0.15, -0.1) is 6.58 Å². The molecule has 4 heteroatoms. The Kier molecular flexibility index (Phi) is 6.76. The summed E-state index contributed by atoms with van der Waals surface area (Å²) >= 11 is 6.54. The zero-order valence-corrected chi connectivity index (χ0v) is 10.1. The van der Waals surface area contributed by atoms with Crippen LogP contribution >= 0.6 is 31.9 Å². The van der Waals surface area contributed by atoms with Crippen LogP contribution in [0.4, 0.5) is 0 Å². The number of rotatable bonds is 5. The number of carbonyl (C=O) groups is 1. The van der Waals surface area contributed by atoms with Gasteiger partial charge in [0.25, 0.3) is 0 Å². The Morgan fingerprint density at radius 3 is 2.67 bits per heavy atom. The molecule has 0 aromatic carbocycles. The first-order valence-electron chi connectivity index (χ1n) is 3.66. The van der Waals surface area contributed by atoms with Crippen molar-refractivity contribution in [2.75, 3.05) is 11.9 Å². The van der Waals surface area contributed by atoms with Crippen molar-refractivity contribution in [2.45, 2.75) is 11.8 Å². The predicted molar refractivity (Wildman–Crippen MR) is 56.8 cm³/mol. The maximum atomic E-state index is 11.2. The number of hydrogen-bond donors (Lipinski definition) is 0. The summed E-state index contributed by atoms with van der Waals surface area (Å²) in [5, 5.41) is 0.700. The normalized spacial score (nSPS) is 14.9. The van der Waals surface area contributed by atoms with E-state index in [1.54, 1.807) is 13.0 Å². The van der Waals surface area contributed by atoms with E-state index < -0.39 is 0 Å². The van der Waals surface area contributed by atoms with E-state index in [9.17, 15) is 4.79 Å². The molecular weight excluding hydrogens is 288 g/mol. The molecule has 0 unspecified atom stereocenters. The average Bonchev–Trinajstić information content (AvgIpc) is 2.07. The van der Waals surface area contributed by atoms with Gasteiger partial charge in [0.1, 0.15) is 4.83 Å². The molecule has 0 bridgehead atoms. The molecule has 0 saturated carbocycles. The minimum Gasteiger partial charge on any atom is -0.465 e. The highest BCUT2D eigenvalue weighted by molar-refractivity contribution is 9.10. The molecule has 2 atom stereocenters. The maximum Gasteiger partial charge on any atom is 0.320 e. The first-order chi connectivity index (χ1) is 5.67. The summed E-state index contributed by atoms with van der Waals surface area (Å²) in [6.07, 6.45) is 1.73. The Balaban J connectivity index is 4.05. The van der Waals surface area contributed by atoms with Crippen molar-refractivity contribution in [1.29, 1.82) is 0 Å². The van der Waals surface area contributed by atoms with Gasteiger partial charge in [-0.3, -0.25) is 4.79 Å². The third-order valence-corrected chi connectivity index (χ3v) is 3.17. The molecule has 0 aliphatic rings. The van der Waals surface area contributed by atoms with Crippen LogP contribution in [0.3, 0.4) is 0 Å². The number of halogens is 2. The second-order valence-corrected chi connectivity index (χ2v) is 3.84. The van der Waals surface area contributed by atoms with Crippen molar-refractivity contribution >= 4 is 37.8 Å². The highest BCUT2D eigenvalue weighted by Crippen LogP contribution is 2.18. The summed E-state index contributed by atoms with van der Waals surface area (Å²) in [5.41, 5.74) is 0. The highest BCUT2D eigenvalue weighted by atomic mass is 79.9. The Labute approximate surface area is 89.6 Å². The van der Waals surface area contributed by atoms with Crippen LogP contribution in [-0.4, -0.2) is 22.7 Å². The summed E-state index contributed by atoms with van der Waals surface area (Å²) in [6, 6.07) is 0. The van der Waals surface area contributed by atoms with Gasteiger partial charge >= 0.3 is 5.97 Å². The second kappa shape index (κ2) is 6.66. The van der Waals surface area contributed by atoms with Gasteiger partial charge in [-0.05, 0) is 6.92 Å². The van der Waals surface area contributed by atoms with Gasteiger partial charge in [-0.2, -0.15) is 0 Å². The van der Waals surface area contributed by atoms with E-state index in [4.69, 9.17) is 4.74 Å². The fraction of sp³-hybridized carbons (Fsp3) is 0.625. The standard InChI is InChI=1S/C8H12Br2O2/c1-3-6(5-9)7(10)8(11)12-4-2/h3,6-7H,1,4-5H2,2H3/t6-,7+/m1/s1. The molecule has 0 spiro atoms. The molecule has 0 aromatic rings. The van der Waals surface area contributed by atoms with Gasteiger partial charge in [0.2, 0.25) is 0 Å². The number of alkyl halides is 2. The SMILES string of the molecule is C=C[C@H](CBr)[C@H](Br)C(=O)OCC. The quantitative estimate of drug-likeness (QED) is 0.443. The molecule has 0 aliphatic carbocycles. The first-order valence-corrected chi connectivity index (χ1v) is 5.70. The van der Waals surface area contributed by atoms with Crippen LogP contribution in [0.1, 0.15) is 6.92 Å². The fourth-order valence-corrected chi connectivity index (χ4v) is 2.33. The van der Waals surface area contributed by atoms with Crippen molar-refractivity contribution in [1.82, 2.24) is 0 Å². The fourth-order valence-electron chi connectivity index (χ4n) is 0.657. The van der Waals surface area contributed by atoms with Gasteiger partial charge in [0, 0.05) is 11.2 Å². The zero-order chi connectivity index (χ0) is 9.56. The Hall–Kier alpha value is 0.170. The van der Waals surface area contributed by atoms with Crippen LogP contribution < -0.4 is 0 Å². The molecule has 0 radical (unpaired) electrons. The number of ether oxygens (including phenoxy) is 1. The van der Waals surface area contributed by atoms with E-state index in [-0.39, 0.29) is 16.7 Å². The molecule has 12 heavy (non-hydrogen) atoms. The van der Waals surface area contributed by atoms with Gasteiger partial charge < -0.3 is 4.74 Å². The zero-order valence-electron chi connectivity index (χ0n) is 6.93. The van der Waals surface area contributed by atoms with Crippen LogP contribution in [0.5, 0.6) is 0 Å². The summed E-state index contributed by atoms with van der Waals surface area (Å²) < 4.78 is 4.83. The third-order valence-electron chi connectivity index (χ3n) is 1.37. The first kappa shape index (κ1) is 12.2. The van der Waals surface area contributed by atoms with Crippen LogP contribution in [-0.2, 0) is 9.53 Å². The lowest BCUT2D eigenvalue weighted by Gasteiger charge is -2.14. The smallest absolute Gasteiger partial charge is 0.320 e. The van der Waals surface area contributed by atoms with Crippen LogP contribution in [0, 0.1) is 5.92 Å². The molecule has 0 fully saturated rings. The van der Waals surface area contributed by atoms with Gasteiger partial charge in [0.05, 0.1) is 6.61 Å². The number of hydrogen-bond acceptors (Lipinski definition) is 2. The van der Waals surface area contributed by atoms with Gasteiger partial charge in [-0.1, -0.05) is 37.9 Å². The molecule has 0 heterocycles. The monoisotopic (exact) mass is 298 g/mol. The van der Waals surface area contributed by atoms with Gasteiger partial charge in [0.15, 0.2) is 0 Å². The van der Waals surface area contributed by atoms with E-state index in [1.165, 1.54) is 0 Å². The molecular formula is C8H12Br2O2. The lowest BCUT2D eigenvalue weighted by atomic mass is 10.1. The van der Waals surface area contributed by atoms with Crippen molar-refractivity contribution in [3.05, 3.63) is 12.7 Å². The van der Waals surface area contributed by atoms with E-state index in [2.05, 4.69) is 38.4 Å². The highest BCUT2D eigenvalue weighted by Gasteiger charge is 2.23. The number of allylic oxidation sites excluding steroid dienone is 1. The van der Waals surface area contributed by atoms with Crippen molar-refractivity contribution in [2.24, 2.45) is 5.92 Å². The van der Waals surface area contributed by atoms with E-state index in [0.717, 1.165) is 0 Å². The molecule has 0 aromatic heterocycles. The van der Waals surface area contributed by atoms with Crippen LogP contribution in [0.2, 0.25) is 0 Å². The lowest BCUT2D eigenvalue weighted by Crippen LogP contribution is -2.25. The van der Waals surface area contributed by atoms with Crippen molar-refractivity contribution < 1.29 is 9.53 Å². The van der Waals surface area contributed by atoms with E-state index in [0.29, 0.717) is 11.9 Å². The number of carbonyl (C=O) groups excluding carboxylic acids is 1.